The summed E-state index contributed by atoms with van der Waals surface area (Å²) in [6.07, 6.45) is 6.74. The van der Waals surface area contributed by atoms with E-state index in [1.807, 2.05) is 18.2 Å². The van der Waals surface area contributed by atoms with Crippen LogP contribution in [0, 0.1) is 0 Å². The van der Waals surface area contributed by atoms with Gasteiger partial charge in [-0.15, -0.1) is 0 Å². The van der Waals surface area contributed by atoms with E-state index in [1.165, 1.54) is 16.2 Å². The van der Waals surface area contributed by atoms with Gasteiger partial charge in [0.2, 0.25) is 0 Å². The van der Waals surface area contributed by atoms with Gasteiger partial charge in [-0.3, -0.25) is 4.79 Å². The van der Waals surface area contributed by atoms with Gasteiger partial charge in [-0.25, -0.2) is 0 Å². The summed E-state index contributed by atoms with van der Waals surface area (Å²) in [5.41, 5.74) is 0.815. The maximum absolute atomic E-state index is 12.5. The van der Waals surface area contributed by atoms with Crippen molar-refractivity contribution in [3.05, 3.63) is 60.2 Å². The van der Waals surface area contributed by atoms with E-state index < -0.39 is 9.24 Å². The van der Waals surface area contributed by atoms with Crippen molar-refractivity contribution >= 4 is 47.3 Å². The summed E-state index contributed by atoms with van der Waals surface area (Å²) >= 11 is 0. The fraction of sp³-hybridized carbons (Fsp3) is 0.286. The molecule has 0 saturated carbocycles. The largest absolute Gasteiger partial charge is 0.294 e. The molecule has 0 unspecified atom stereocenters. The van der Waals surface area contributed by atoms with E-state index in [-0.39, 0.29) is 5.78 Å². The topological polar surface area (TPSA) is 17.1 Å². The highest BCUT2D eigenvalue weighted by molar-refractivity contribution is 8.50. The Hall–Kier alpha value is -1.51. The molecule has 24 heavy (non-hydrogen) atoms. The lowest BCUT2D eigenvalue weighted by atomic mass is 9.99. The molecule has 0 heterocycles. The zero-order valence-corrected chi connectivity index (χ0v) is 15.8. The van der Waals surface area contributed by atoms with Crippen molar-refractivity contribution in [1.29, 1.82) is 0 Å². The van der Waals surface area contributed by atoms with Gasteiger partial charge in [0, 0.05) is 12.0 Å². The van der Waals surface area contributed by atoms with E-state index in [2.05, 4.69) is 48.9 Å². The summed E-state index contributed by atoms with van der Waals surface area (Å²) in [4.78, 5) is 12.5. The highest BCUT2D eigenvalue weighted by atomic mass is 35.7. The fourth-order valence-electron chi connectivity index (χ4n) is 2.99. The minimum Gasteiger partial charge on any atom is -0.294 e. The lowest BCUT2D eigenvalue weighted by Gasteiger charge is -2.21. The summed E-state index contributed by atoms with van der Waals surface area (Å²) in [7, 11) is 5.30. The second kappa shape index (κ2) is 7.16. The number of carbonyl (C=O) groups excluding carboxylic acids is 1. The number of carbonyl (C=O) groups is 1. The number of ketones is 1. The first-order chi connectivity index (χ1) is 11.4. The van der Waals surface area contributed by atoms with Crippen LogP contribution in [0.2, 0.25) is 0 Å². The molecule has 3 aromatic carbocycles. The molecule has 0 amide bonds. The van der Waals surface area contributed by atoms with Crippen LogP contribution in [0.1, 0.15) is 29.6 Å². The summed E-state index contributed by atoms with van der Waals surface area (Å²) in [6, 6.07) is 18.7. The Labute approximate surface area is 149 Å². The Morgan fingerprint density at radius 2 is 1.50 bits per heavy atom. The first-order valence-corrected chi connectivity index (χ1v) is 11.7. The predicted octanol–water partition coefficient (Wildman–Crippen LogP) is 6.56. The van der Waals surface area contributed by atoms with E-state index in [4.69, 9.17) is 10.7 Å². The molecule has 1 nitrogen and oxygen atoms in total. The third-order valence-electron chi connectivity index (χ3n) is 4.31. The molecule has 0 spiro atoms. The number of hydrogen-bond acceptors (Lipinski definition) is 1. The van der Waals surface area contributed by atoms with Crippen molar-refractivity contribution in [2.45, 2.75) is 19.3 Å². The van der Waals surface area contributed by atoms with Gasteiger partial charge in [0.15, 0.2) is 5.78 Å². The number of rotatable bonds is 6. The number of halogens is 1. The summed E-state index contributed by atoms with van der Waals surface area (Å²) in [5.74, 6) is 1.25. The molecule has 0 N–H and O–H groups in total. The third kappa shape index (κ3) is 4.31. The molecule has 3 aromatic rings. The highest BCUT2D eigenvalue weighted by Crippen LogP contribution is 2.45. The summed E-state index contributed by atoms with van der Waals surface area (Å²) in [6.45, 7) is 0. The molecular weight excluding hydrogens is 336 g/mol. The molecule has 0 saturated heterocycles. The molecule has 3 rings (SSSR count). The number of fused-ring (bicyclic) bond motifs is 2. The quantitative estimate of drug-likeness (QED) is 0.277. The molecular formula is C21H23ClOS. The van der Waals surface area contributed by atoms with Gasteiger partial charge >= 0.3 is 0 Å². The van der Waals surface area contributed by atoms with Crippen LogP contribution in [-0.4, -0.2) is 24.0 Å². The van der Waals surface area contributed by atoms with Crippen LogP contribution in [0.15, 0.2) is 54.6 Å². The maximum atomic E-state index is 12.5. The number of Topliss-reactive ketones (excluding diaryl/α,β-unsaturated/α-hetero) is 1. The number of unbranched alkanes of at least 4 members (excludes halogenated alkanes) is 1. The van der Waals surface area contributed by atoms with Crippen LogP contribution in [0.3, 0.4) is 0 Å². The lowest BCUT2D eigenvalue weighted by Crippen LogP contribution is -2.01. The predicted molar refractivity (Wildman–Crippen MR) is 110 cm³/mol. The fourth-order valence-corrected chi connectivity index (χ4v) is 4.21. The van der Waals surface area contributed by atoms with Crippen LogP contribution in [0.5, 0.6) is 0 Å². The van der Waals surface area contributed by atoms with Crippen LogP contribution in [0.4, 0.5) is 0 Å². The van der Waals surface area contributed by atoms with Gasteiger partial charge in [0.1, 0.15) is 0 Å². The molecule has 0 aliphatic rings. The average Bonchev–Trinajstić information content (AvgIpc) is 2.55. The third-order valence-corrected chi connectivity index (χ3v) is 6.03. The van der Waals surface area contributed by atoms with Crippen LogP contribution in [0.25, 0.3) is 21.5 Å². The molecule has 126 valence electrons. The van der Waals surface area contributed by atoms with Crippen LogP contribution in [-0.2, 0) is 0 Å². The van der Waals surface area contributed by atoms with Crippen molar-refractivity contribution in [1.82, 2.24) is 0 Å². The Morgan fingerprint density at radius 1 is 0.875 bits per heavy atom. The van der Waals surface area contributed by atoms with Crippen LogP contribution >= 0.6 is 19.9 Å². The SMILES string of the molecule is CS(C)(Cl)CCCCC(=O)c1ccc2cc3ccccc3cc2c1. The van der Waals surface area contributed by atoms with E-state index in [9.17, 15) is 4.79 Å². The minimum atomic E-state index is -0.975. The van der Waals surface area contributed by atoms with Gasteiger partial charge in [0.05, 0.1) is 0 Å². The Kier molecular flexibility index (Phi) is 5.17. The average molecular weight is 359 g/mol. The van der Waals surface area contributed by atoms with Crippen molar-refractivity contribution in [2.24, 2.45) is 0 Å². The van der Waals surface area contributed by atoms with Crippen molar-refractivity contribution < 1.29 is 4.79 Å². The van der Waals surface area contributed by atoms with E-state index in [0.29, 0.717) is 6.42 Å². The molecule has 0 fully saturated rings. The van der Waals surface area contributed by atoms with E-state index in [1.54, 1.807) is 0 Å². The zero-order valence-electron chi connectivity index (χ0n) is 14.2. The van der Waals surface area contributed by atoms with Crippen LogP contribution < -0.4 is 0 Å². The number of benzene rings is 3. The monoisotopic (exact) mass is 358 g/mol. The van der Waals surface area contributed by atoms with Crippen molar-refractivity contribution in [2.75, 3.05) is 18.3 Å². The van der Waals surface area contributed by atoms with Gasteiger partial charge < -0.3 is 0 Å². The first-order valence-electron chi connectivity index (χ1n) is 8.29. The second-order valence-corrected chi connectivity index (χ2v) is 12.5. The molecule has 0 aliphatic heterocycles. The Balaban J connectivity index is 1.75. The van der Waals surface area contributed by atoms with Gasteiger partial charge in [-0.2, -0.15) is 9.24 Å². The minimum absolute atomic E-state index is 0.229. The molecule has 0 aliphatic carbocycles. The van der Waals surface area contributed by atoms with Gasteiger partial charge in [-0.05, 0) is 70.9 Å². The zero-order chi connectivity index (χ0) is 17.2. The lowest BCUT2D eigenvalue weighted by molar-refractivity contribution is 0.0980. The highest BCUT2D eigenvalue weighted by Gasteiger charge is 2.10. The molecule has 0 aromatic heterocycles. The standard InChI is InChI=1S/C21H23ClOS/c1-24(2,22)12-6-5-9-21(23)19-11-10-18-13-16-7-3-4-8-17(16)14-20(18)15-19/h3-4,7-8,10-11,13-15H,5-6,9,12H2,1-2H3. The molecule has 0 atom stereocenters. The maximum Gasteiger partial charge on any atom is 0.162 e. The van der Waals surface area contributed by atoms with Crippen molar-refractivity contribution in [3.63, 3.8) is 0 Å². The van der Waals surface area contributed by atoms with E-state index >= 15 is 0 Å². The van der Waals surface area contributed by atoms with Gasteiger partial charge in [0.25, 0.3) is 0 Å². The normalized spacial score (nSPS) is 12.6. The smallest absolute Gasteiger partial charge is 0.162 e. The van der Waals surface area contributed by atoms with Crippen molar-refractivity contribution in [3.8, 4) is 0 Å². The molecule has 0 bridgehead atoms. The Morgan fingerprint density at radius 3 is 2.17 bits per heavy atom. The van der Waals surface area contributed by atoms with E-state index in [0.717, 1.165) is 29.5 Å². The second-order valence-electron chi connectivity index (χ2n) is 6.75. The Bertz CT molecular complexity index is 880. The summed E-state index contributed by atoms with van der Waals surface area (Å²) in [5, 5.41) is 4.75. The molecule has 0 radical (unpaired) electrons. The number of hydrogen-bond donors (Lipinski definition) is 0. The first kappa shape index (κ1) is 17.3. The summed E-state index contributed by atoms with van der Waals surface area (Å²) < 4.78 is 0. The molecule has 3 heteroatoms. The van der Waals surface area contributed by atoms with Gasteiger partial charge in [-0.1, -0.05) is 47.1 Å².